The van der Waals surface area contributed by atoms with Crippen LogP contribution in [-0.2, 0) is 19.7 Å². The van der Waals surface area contributed by atoms with Gasteiger partial charge in [-0.25, -0.2) is 0 Å². The maximum atomic E-state index is 13.1. The predicted molar refractivity (Wildman–Crippen MR) is 117 cm³/mol. The van der Waals surface area contributed by atoms with Gasteiger partial charge in [-0.15, -0.1) is 0 Å². The number of hydrogen-bond donors (Lipinski definition) is 0. The van der Waals surface area contributed by atoms with Gasteiger partial charge in [0.2, 0.25) is 5.78 Å². The molecule has 0 bridgehead atoms. The van der Waals surface area contributed by atoms with Crippen LogP contribution < -0.4 is 0 Å². The second-order valence-electron chi connectivity index (χ2n) is 8.25. The zero-order valence-corrected chi connectivity index (χ0v) is 18.9. The highest BCUT2D eigenvalue weighted by Crippen LogP contribution is 2.42. The number of Topliss-reactive ketones (excluding diaryl/α,β-unsaturated/α-hetero) is 1. The second-order valence-corrected chi connectivity index (χ2v) is 8.69. The van der Waals surface area contributed by atoms with E-state index in [1.165, 1.54) is 0 Å². The molecule has 5 nitrogen and oxygen atoms in total. The average molecular weight is 432 g/mol. The Morgan fingerprint density at radius 3 is 2.40 bits per heavy atom. The number of aryl methyl sites for hydroxylation is 1. The molecule has 0 unspecified atom stereocenters. The lowest BCUT2D eigenvalue weighted by atomic mass is 9.79. The van der Waals surface area contributed by atoms with Crippen LogP contribution in [0.3, 0.4) is 0 Å². The van der Waals surface area contributed by atoms with Gasteiger partial charge in [-0.3, -0.25) is 9.59 Å². The van der Waals surface area contributed by atoms with E-state index < -0.39 is 5.41 Å². The van der Waals surface area contributed by atoms with E-state index >= 15 is 0 Å². The lowest BCUT2D eigenvalue weighted by Gasteiger charge is -2.27. The van der Waals surface area contributed by atoms with Crippen LogP contribution in [0.5, 0.6) is 0 Å². The summed E-state index contributed by atoms with van der Waals surface area (Å²) < 4.78 is 12.9. The molecule has 0 spiro atoms. The first kappa shape index (κ1) is 22.6. The van der Waals surface area contributed by atoms with Crippen molar-refractivity contribution < 1.29 is 19.1 Å². The molecular weight excluding hydrogens is 402 g/mol. The summed E-state index contributed by atoms with van der Waals surface area (Å²) in [6.07, 6.45) is 3.38. The van der Waals surface area contributed by atoms with Crippen LogP contribution in [0.25, 0.3) is 0 Å². The smallest absolute Gasteiger partial charge is 0.317 e. The van der Waals surface area contributed by atoms with Crippen molar-refractivity contribution in [2.24, 2.45) is 0 Å². The predicted octanol–water partition coefficient (Wildman–Crippen LogP) is 5.20. The number of ketones is 1. The number of carbonyl (C=O) groups is 2. The summed E-state index contributed by atoms with van der Waals surface area (Å²) in [6.45, 7) is 6.24. The first-order chi connectivity index (χ1) is 14.3. The van der Waals surface area contributed by atoms with Crippen LogP contribution in [-0.4, -0.2) is 36.6 Å². The van der Waals surface area contributed by atoms with Gasteiger partial charge in [0.1, 0.15) is 0 Å². The third-order valence-electron chi connectivity index (χ3n) is 6.21. The Morgan fingerprint density at radius 1 is 1.17 bits per heavy atom. The average Bonchev–Trinajstić information content (AvgIpc) is 3.32. The lowest BCUT2D eigenvalue weighted by molar-refractivity contribution is -0.149. The van der Waals surface area contributed by atoms with E-state index in [0.29, 0.717) is 17.2 Å². The van der Waals surface area contributed by atoms with E-state index in [9.17, 15) is 9.59 Å². The summed E-state index contributed by atoms with van der Waals surface area (Å²) in [5.74, 6) is -0.506. The minimum Gasteiger partial charge on any atom is -0.457 e. The van der Waals surface area contributed by atoms with E-state index in [0.717, 1.165) is 42.6 Å². The summed E-state index contributed by atoms with van der Waals surface area (Å²) in [5, 5.41) is 0.633. The molecule has 3 rings (SSSR count). The molecule has 1 atom stereocenters. The maximum Gasteiger partial charge on any atom is 0.317 e. The summed E-state index contributed by atoms with van der Waals surface area (Å²) in [6, 6.07) is 9.35. The number of rotatable bonds is 8. The van der Waals surface area contributed by atoms with Crippen molar-refractivity contribution in [3.8, 4) is 0 Å². The van der Waals surface area contributed by atoms with Crippen LogP contribution in [0.15, 0.2) is 30.3 Å². The molecule has 1 aromatic heterocycles. The van der Waals surface area contributed by atoms with Crippen LogP contribution >= 0.6 is 11.6 Å². The molecule has 1 fully saturated rings. The molecule has 0 radical (unpaired) electrons. The molecule has 0 aliphatic heterocycles. The monoisotopic (exact) mass is 431 g/mol. The SMILES string of the molecule is COC[C@H](C)n1c(C)cc(C(=O)COC(=O)C2(c3ccc(Cl)cc3)CCCC2)c1C. The first-order valence-corrected chi connectivity index (χ1v) is 10.8. The molecule has 1 aliphatic carbocycles. The van der Waals surface area contributed by atoms with Crippen LogP contribution in [0.4, 0.5) is 0 Å². The third kappa shape index (κ3) is 4.33. The molecule has 1 saturated carbocycles. The highest BCUT2D eigenvalue weighted by Gasteiger charge is 2.44. The van der Waals surface area contributed by atoms with Crippen LogP contribution in [0.1, 0.15) is 66.0 Å². The fourth-order valence-electron chi connectivity index (χ4n) is 4.76. The van der Waals surface area contributed by atoms with Crippen molar-refractivity contribution >= 4 is 23.4 Å². The van der Waals surface area contributed by atoms with Gasteiger partial charge in [-0.05, 0) is 57.4 Å². The standard InChI is InChI=1S/C24H30ClNO4/c1-16-13-21(18(3)26(16)17(2)14-29-4)22(27)15-30-23(28)24(11-5-6-12-24)19-7-9-20(25)10-8-19/h7-10,13,17H,5-6,11-12,14-15H2,1-4H3/t17-/m0/s1. The maximum absolute atomic E-state index is 13.1. The topological polar surface area (TPSA) is 57.5 Å². The minimum atomic E-state index is -0.686. The number of nitrogens with zero attached hydrogens (tertiary/aromatic N) is 1. The molecular formula is C24H30ClNO4. The lowest BCUT2D eigenvalue weighted by Crippen LogP contribution is -2.35. The minimum absolute atomic E-state index is 0.116. The van der Waals surface area contributed by atoms with Crippen molar-refractivity contribution in [2.75, 3.05) is 20.3 Å². The quantitative estimate of drug-likeness (QED) is 0.425. The number of hydrogen-bond acceptors (Lipinski definition) is 4. The van der Waals surface area contributed by atoms with Crippen LogP contribution in [0, 0.1) is 13.8 Å². The van der Waals surface area contributed by atoms with Gasteiger partial charge in [-0.2, -0.15) is 0 Å². The Kier molecular flexibility index (Phi) is 7.04. The molecule has 1 heterocycles. The molecule has 1 aliphatic rings. The van der Waals surface area contributed by atoms with Gasteiger partial charge < -0.3 is 14.0 Å². The normalized spacial score (nSPS) is 16.4. The molecule has 0 N–H and O–H groups in total. The Labute approximate surface area is 183 Å². The van der Waals surface area contributed by atoms with Crippen molar-refractivity contribution in [1.82, 2.24) is 4.57 Å². The zero-order valence-electron chi connectivity index (χ0n) is 18.2. The summed E-state index contributed by atoms with van der Waals surface area (Å²) in [7, 11) is 1.66. The number of methoxy groups -OCH3 is 1. The molecule has 162 valence electrons. The van der Waals surface area contributed by atoms with Gasteiger partial charge in [0.05, 0.1) is 18.1 Å². The Balaban J connectivity index is 1.74. The van der Waals surface area contributed by atoms with E-state index in [4.69, 9.17) is 21.1 Å². The van der Waals surface area contributed by atoms with E-state index in [2.05, 4.69) is 4.57 Å². The molecule has 0 amide bonds. The van der Waals surface area contributed by atoms with Crippen molar-refractivity contribution in [2.45, 2.75) is 57.9 Å². The molecule has 2 aromatic rings. The highest BCUT2D eigenvalue weighted by atomic mass is 35.5. The van der Waals surface area contributed by atoms with Gasteiger partial charge in [0.15, 0.2) is 6.61 Å². The van der Waals surface area contributed by atoms with Crippen molar-refractivity contribution in [3.63, 3.8) is 0 Å². The van der Waals surface area contributed by atoms with Crippen molar-refractivity contribution in [3.05, 3.63) is 57.9 Å². The summed E-state index contributed by atoms with van der Waals surface area (Å²) in [5.41, 5.74) is 2.67. The Hall–Kier alpha value is -2.11. The number of esters is 1. The number of benzene rings is 1. The fourth-order valence-corrected chi connectivity index (χ4v) is 4.88. The zero-order chi connectivity index (χ0) is 21.9. The van der Waals surface area contributed by atoms with Gasteiger partial charge in [0, 0.05) is 29.1 Å². The third-order valence-corrected chi connectivity index (χ3v) is 6.46. The first-order valence-electron chi connectivity index (χ1n) is 10.4. The van der Waals surface area contributed by atoms with Gasteiger partial charge in [0.25, 0.3) is 0 Å². The van der Waals surface area contributed by atoms with E-state index in [1.807, 2.05) is 39.0 Å². The van der Waals surface area contributed by atoms with Gasteiger partial charge in [-0.1, -0.05) is 36.6 Å². The Morgan fingerprint density at radius 2 is 1.80 bits per heavy atom. The summed E-state index contributed by atoms with van der Waals surface area (Å²) in [4.78, 5) is 26.0. The second kappa shape index (κ2) is 9.36. The number of halogens is 1. The number of ether oxygens (including phenoxy) is 2. The Bertz CT molecular complexity index is 910. The van der Waals surface area contributed by atoms with E-state index in [1.54, 1.807) is 19.2 Å². The fraction of sp³-hybridized carbons (Fsp3) is 0.500. The highest BCUT2D eigenvalue weighted by molar-refractivity contribution is 6.30. The molecule has 30 heavy (non-hydrogen) atoms. The number of aromatic nitrogens is 1. The van der Waals surface area contributed by atoms with Crippen LogP contribution in [0.2, 0.25) is 5.02 Å². The summed E-state index contributed by atoms with van der Waals surface area (Å²) >= 11 is 6.01. The molecule has 6 heteroatoms. The van der Waals surface area contributed by atoms with E-state index in [-0.39, 0.29) is 24.4 Å². The van der Waals surface area contributed by atoms with Gasteiger partial charge >= 0.3 is 5.97 Å². The van der Waals surface area contributed by atoms with Crippen molar-refractivity contribution in [1.29, 1.82) is 0 Å². The molecule has 1 aromatic carbocycles. The number of carbonyl (C=O) groups excluding carboxylic acids is 2. The largest absolute Gasteiger partial charge is 0.457 e. The molecule has 0 saturated heterocycles.